The van der Waals surface area contributed by atoms with Crippen LogP contribution in [0.3, 0.4) is 0 Å². The van der Waals surface area contributed by atoms with Gasteiger partial charge in [-0.05, 0) is 42.5 Å². The Labute approximate surface area is 198 Å². The number of rotatable bonds is 5. The number of fused-ring (bicyclic) bond motifs is 1. The van der Waals surface area contributed by atoms with Crippen molar-refractivity contribution >= 4 is 26.5 Å². The number of hydrogen-bond acceptors (Lipinski definition) is 6. The van der Waals surface area contributed by atoms with Gasteiger partial charge in [-0.3, -0.25) is 9.59 Å². The summed E-state index contributed by atoms with van der Waals surface area (Å²) in [5.41, 5.74) is 3.27. The standard InChI is InChI=1S/C23H23F3N4O4S/c1-3-35(33,34)18-9-14(17-5-4-8-22(17,2)21(27)32)11-28-19(18)30-20(31)16-10-15(23(24,25)26)7-6-13(16)12-29-30/h6-7,9-12,17H,3-5,8H2,1-2H3,(H2,27,32). The maximum Gasteiger partial charge on any atom is 0.416 e. The molecule has 2 aromatic heterocycles. The zero-order chi connectivity index (χ0) is 25.8. The number of nitrogens with two attached hydrogens (primary N) is 1. The Morgan fingerprint density at radius 3 is 2.60 bits per heavy atom. The van der Waals surface area contributed by atoms with Crippen LogP contribution in [0.15, 0.2) is 46.3 Å². The summed E-state index contributed by atoms with van der Waals surface area (Å²) < 4.78 is 66.3. The lowest BCUT2D eigenvalue weighted by Crippen LogP contribution is -2.36. The van der Waals surface area contributed by atoms with E-state index in [1.54, 1.807) is 6.92 Å². The molecular formula is C23H23F3N4O4S. The topological polar surface area (TPSA) is 125 Å². The van der Waals surface area contributed by atoms with Crippen LogP contribution < -0.4 is 11.3 Å². The third kappa shape index (κ3) is 4.19. The third-order valence-electron chi connectivity index (χ3n) is 6.81. The van der Waals surface area contributed by atoms with E-state index in [2.05, 4.69) is 10.1 Å². The molecule has 2 unspecified atom stereocenters. The molecule has 0 saturated heterocycles. The molecule has 1 fully saturated rings. The smallest absolute Gasteiger partial charge is 0.369 e. The highest BCUT2D eigenvalue weighted by Crippen LogP contribution is 2.49. The van der Waals surface area contributed by atoms with Gasteiger partial charge in [0.25, 0.3) is 5.56 Å². The van der Waals surface area contributed by atoms with E-state index in [0.717, 1.165) is 18.6 Å². The first-order valence-electron chi connectivity index (χ1n) is 10.9. The van der Waals surface area contributed by atoms with Gasteiger partial charge in [-0.25, -0.2) is 13.4 Å². The van der Waals surface area contributed by atoms with Crippen LogP contribution in [0.2, 0.25) is 0 Å². The minimum atomic E-state index is -4.67. The lowest BCUT2D eigenvalue weighted by Gasteiger charge is -2.28. The average Bonchev–Trinajstić information content (AvgIpc) is 3.21. The normalized spacial score (nSPS) is 20.9. The molecule has 0 aliphatic heterocycles. The number of nitrogens with zero attached hydrogens (tertiary/aromatic N) is 3. The molecule has 2 atom stereocenters. The SMILES string of the molecule is CCS(=O)(=O)c1cc(C2CCCC2(C)C(N)=O)cnc1-n1ncc2ccc(C(F)(F)F)cc2c1=O. The van der Waals surface area contributed by atoms with Gasteiger partial charge in [0, 0.05) is 11.6 Å². The van der Waals surface area contributed by atoms with Crippen LogP contribution in [0.25, 0.3) is 16.6 Å². The fourth-order valence-corrected chi connectivity index (χ4v) is 5.69. The van der Waals surface area contributed by atoms with Crippen molar-refractivity contribution in [1.29, 1.82) is 0 Å². The average molecular weight is 509 g/mol. The van der Waals surface area contributed by atoms with Crippen LogP contribution in [0, 0.1) is 5.41 Å². The number of sulfone groups is 1. The van der Waals surface area contributed by atoms with Gasteiger partial charge in [0.1, 0.15) is 4.90 Å². The summed E-state index contributed by atoms with van der Waals surface area (Å²) in [6, 6.07) is 4.03. The molecule has 186 valence electrons. The molecule has 0 bridgehead atoms. The summed E-state index contributed by atoms with van der Waals surface area (Å²) in [6.07, 6.45) is -0.269. The first-order valence-corrected chi connectivity index (χ1v) is 12.6. The molecule has 0 spiro atoms. The molecule has 1 amide bonds. The van der Waals surface area contributed by atoms with E-state index in [4.69, 9.17) is 5.73 Å². The van der Waals surface area contributed by atoms with E-state index in [-0.39, 0.29) is 33.2 Å². The van der Waals surface area contributed by atoms with E-state index in [1.807, 2.05) is 0 Å². The Balaban J connectivity index is 1.94. The van der Waals surface area contributed by atoms with Crippen LogP contribution in [0.4, 0.5) is 13.2 Å². The second kappa shape index (κ2) is 8.43. The molecule has 1 aromatic carbocycles. The monoisotopic (exact) mass is 508 g/mol. The number of alkyl halides is 3. The second-order valence-corrected chi connectivity index (χ2v) is 11.1. The molecule has 1 aliphatic rings. The van der Waals surface area contributed by atoms with Crippen molar-refractivity contribution in [2.45, 2.75) is 50.1 Å². The molecule has 12 heteroatoms. The fraction of sp³-hybridized carbons (Fsp3) is 0.391. The van der Waals surface area contributed by atoms with Gasteiger partial charge in [0.15, 0.2) is 15.7 Å². The molecular weight excluding hydrogens is 485 g/mol. The van der Waals surface area contributed by atoms with Gasteiger partial charge in [0.2, 0.25) is 5.91 Å². The van der Waals surface area contributed by atoms with E-state index < -0.39 is 38.5 Å². The number of aromatic nitrogens is 3. The molecule has 2 N–H and O–H groups in total. The number of hydrogen-bond donors (Lipinski definition) is 1. The van der Waals surface area contributed by atoms with Gasteiger partial charge in [-0.1, -0.05) is 26.3 Å². The molecule has 2 heterocycles. The minimum absolute atomic E-state index is 0.166. The highest BCUT2D eigenvalue weighted by molar-refractivity contribution is 7.91. The van der Waals surface area contributed by atoms with E-state index in [1.165, 1.54) is 25.4 Å². The molecule has 1 saturated carbocycles. The van der Waals surface area contributed by atoms with Crippen molar-refractivity contribution in [2.24, 2.45) is 11.1 Å². The lowest BCUT2D eigenvalue weighted by atomic mass is 9.76. The van der Waals surface area contributed by atoms with Gasteiger partial charge >= 0.3 is 6.18 Å². The summed E-state index contributed by atoms with van der Waals surface area (Å²) in [4.78, 5) is 29.2. The zero-order valence-electron chi connectivity index (χ0n) is 19.0. The number of amides is 1. The summed E-state index contributed by atoms with van der Waals surface area (Å²) in [7, 11) is -3.95. The quantitative estimate of drug-likeness (QED) is 0.564. The van der Waals surface area contributed by atoms with Crippen molar-refractivity contribution < 1.29 is 26.4 Å². The Bertz CT molecular complexity index is 1500. The van der Waals surface area contributed by atoms with Crippen LogP contribution in [-0.4, -0.2) is 34.8 Å². The number of halogens is 3. The Morgan fingerprint density at radius 2 is 1.97 bits per heavy atom. The largest absolute Gasteiger partial charge is 0.416 e. The van der Waals surface area contributed by atoms with Gasteiger partial charge in [-0.2, -0.15) is 23.0 Å². The number of pyridine rings is 1. The summed E-state index contributed by atoms with van der Waals surface area (Å²) in [5, 5.41) is 3.87. The van der Waals surface area contributed by atoms with Gasteiger partial charge in [0.05, 0.1) is 28.3 Å². The van der Waals surface area contributed by atoms with Crippen molar-refractivity contribution in [3.05, 3.63) is 58.1 Å². The molecule has 1 aliphatic carbocycles. The van der Waals surface area contributed by atoms with Crippen molar-refractivity contribution in [3.8, 4) is 5.82 Å². The van der Waals surface area contributed by atoms with Crippen LogP contribution in [0.1, 0.15) is 50.2 Å². The van der Waals surface area contributed by atoms with Gasteiger partial charge < -0.3 is 5.73 Å². The number of carbonyl (C=O) groups is 1. The Hall–Kier alpha value is -3.28. The number of primary amides is 1. The Morgan fingerprint density at radius 1 is 1.26 bits per heavy atom. The highest BCUT2D eigenvalue weighted by atomic mass is 32.2. The Kier molecular flexibility index (Phi) is 5.98. The predicted molar refractivity (Wildman–Crippen MR) is 122 cm³/mol. The van der Waals surface area contributed by atoms with Crippen LogP contribution in [-0.2, 0) is 20.8 Å². The van der Waals surface area contributed by atoms with Gasteiger partial charge in [-0.15, -0.1) is 0 Å². The fourth-order valence-electron chi connectivity index (χ4n) is 4.65. The summed E-state index contributed by atoms with van der Waals surface area (Å²) >= 11 is 0. The van der Waals surface area contributed by atoms with Crippen molar-refractivity contribution in [1.82, 2.24) is 14.8 Å². The minimum Gasteiger partial charge on any atom is -0.369 e. The maximum atomic E-state index is 13.2. The first kappa shape index (κ1) is 24.8. The number of carbonyl (C=O) groups excluding carboxylic acids is 1. The molecule has 8 nitrogen and oxygen atoms in total. The molecule has 0 radical (unpaired) electrons. The summed E-state index contributed by atoms with van der Waals surface area (Å²) in [5.74, 6) is -1.51. The van der Waals surface area contributed by atoms with E-state index in [9.17, 15) is 31.2 Å². The first-order chi connectivity index (χ1) is 16.3. The zero-order valence-corrected chi connectivity index (χ0v) is 19.8. The third-order valence-corrected chi connectivity index (χ3v) is 8.54. The molecule has 3 aromatic rings. The lowest BCUT2D eigenvalue weighted by molar-refractivity contribution is -0.137. The molecule has 35 heavy (non-hydrogen) atoms. The predicted octanol–water partition coefficient (Wildman–Crippen LogP) is 3.35. The van der Waals surface area contributed by atoms with Crippen LogP contribution >= 0.6 is 0 Å². The van der Waals surface area contributed by atoms with E-state index >= 15 is 0 Å². The summed E-state index contributed by atoms with van der Waals surface area (Å²) in [6.45, 7) is 3.14. The maximum absolute atomic E-state index is 13.2. The number of benzene rings is 1. The van der Waals surface area contributed by atoms with Crippen LogP contribution in [0.5, 0.6) is 0 Å². The molecule has 4 rings (SSSR count). The van der Waals surface area contributed by atoms with Crippen molar-refractivity contribution in [3.63, 3.8) is 0 Å². The van der Waals surface area contributed by atoms with E-state index in [0.29, 0.717) is 29.2 Å². The van der Waals surface area contributed by atoms with Crippen molar-refractivity contribution in [2.75, 3.05) is 5.75 Å². The second-order valence-electron chi connectivity index (χ2n) is 8.88. The highest BCUT2D eigenvalue weighted by Gasteiger charge is 2.45.